The van der Waals surface area contributed by atoms with Crippen LogP contribution in [0.25, 0.3) is 0 Å². The first kappa shape index (κ1) is 16.8. The highest BCUT2D eigenvalue weighted by Gasteiger charge is 2.48. The van der Waals surface area contributed by atoms with Crippen LogP contribution in [-0.2, 0) is 4.79 Å². The molecule has 1 saturated heterocycles. The van der Waals surface area contributed by atoms with Crippen molar-refractivity contribution in [2.45, 2.75) is 44.4 Å². The van der Waals surface area contributed by atoms with Crippen molar-refractivity contribution in [2.75, 3.05) is 13.1 Å². The van der Waals surface area contributed by atoms with Crippen LogP contribution in [0.1, 0.15) is 34.9 Å². The highest BCUT2D eigenvalue weighted by Crippen LogP contribution is 2.50. The highest BCUT2D eigenvalue weighted by atomic mass is 32.1. The lowest BCUT2D eigenvalue weighted by molar-refractivity contribution is -0.223. The predicted molar refractivity (Wildman–Crippen MR) is 81.3 cm³/mol. The number of carbonyl (C=O) groups excluding carboxylic acids is 1. The van der Waals surface area contributed by atoms with Crippen molar-refractivity contribution in [3.8, 4) is 0 Å². The summed E-state index contributed by atoms with van der Waals surface area (Å²) in [5.74, 6) is -0.480. The molecule has 3 atom stereocenters. The minimum atomic E-state index is -4.57. The Kier molecular flexibility index (Phi) is 4.44. The Bertz CT molecular complexity index is 578. The van der Waals surface area contributed by atoms with Crippen LogP contribution in [0.3, 0.4) is 0 Å². The van der Waals surface area contributed by atoms with Crippen LogP contribution >= 0.6 is 11.3 Å². The Hall–Kier alpha value is -1.08. The zero-order valence-corrected chi connectivity index (χ0v) is 13.7. The molecule has 7 heteroatoms. The number of aliphatic hydroxyl groups is 1. The molecule has 1 aliphatic heterocycles. The lowest BCUT2D eigenvalue weighted by atomic mass is 9.90. The second-order valence-electron chi connectivity index (χ2n) is 6.55. The summed E-state index contributed by atoms with van der Waals surface area (Å²) < 4.78 is 37.6. The second-order valence-corrected chi connectivity index (χ2v) is 7.87. The Morgan fingerprint density at radius 3 is 2.52 bits per heavy atom. The van der Waals surface area contributed by atoms with Gasteiger partial charge >= 0.3 is 6.18 Å². The van der Waals surface area contributed by atoms with Gasteiger partial charge in [0, 0.05) is 34.7 Å². The van der Waals surface area contributed by atoms with Crippen LogP contribution in [0.15, 0.2) is 12.1 Å². The molecule has 1 saturated carbocycles. The molecule has 0 bridgehead atoms. The molecule has 0 aromatic carbocycles. The van der Waals surface area contributed by atoms with Gasteiger partial charge in [0.25, 0.3) is 0 Å². The molecule has 1 aromatic rings. The van der Waals surface area contributed by atoms with E-state index in [1.165, 1.54) is 9.75 Å². The third-order valence-corrected chi connectivity index (χ3v) is 6.00. The number of halogens is 3. The van der Waals surface area contributed by atoms with Crippen LogP contribution in [0, 0.1) is 18.8 Å². The minimum Gasteiger partial charge on any atom is -0.383 e. The van der Waals surface area contributed by atoms with Gasteiger partial charge in [0.15, 0.2) is 6.10 Å². The fourth-order valence-electron chi connectivity index (χ4n) is 3.37. The maximum atomic E-state index is 12.5. The van der Waals surface area contributed by atoms with Crippen molar-refractivity contribution >= 4 is 17.2 Å². The molecule has 128 valence electrons. The molecule has 0 radical (unpaired) electrons. The Morgan fingerprint density at radius 1 is 1.35 bits per heavy atom. The summed E-state index contributed by atoms with van der Waals surface area (Å²) >= 11 is 1.70. The molecule has 1 aromatic heterocycles. The largest absolute Gasteiger partial charge is 0.414 e. The Balaban J connectivity index is 1.52. The van der Waals surface area contributed by atoms with Gasteiger partial charge < -0.3 is 10.0 Å². The normalized spacial score (nSPS) is 27.1. The average molecular weight is 347 g/mol. The fraction of sp³-hybridized carbons (Fsp3) is 0.688. The first-order chi connectivity index (χ1) is 10.8. The number of hydrogen-bond acceptors (Lipinski definition) is 3. The molecule has 3 rings (SSSR count). The third kappa shape index (κ3) is 3.55. The predicted octanol–water partition coefficient (Wildman–Crippen LogP) is 3.32. The number of amides is 1. The van der Waals surface area contributed by atoms with E-state index in [1.807, 2.05) is 13.0 Å². The van der Waals surface area contributed by atoms with Gasteiger partial charge in [-0.15, -0.1) is 11.3 Å². The number of alkyl halides is 3. The van der Waals surface area contributed by atoms with Gasteiger partial charge in [-0.05, 0) is 44.2 Å². The summed E-state index contributed by atoms with van der Waals surface area (Å²) in [6.07, 6.45) is -5.59. The van der Waals surface area contributed by atoms with Crippen molar-refractivity contribution in [3.63, 3.8) is 0 Å². The first-order valence-corrected chi connectivity index (χ1v) is 8.69. The molecule has 2 aliphatic rings. The first-order valence-electron chi connectivity index (χ1n) is 7.87. The smallest absolute Gasteiger partial charge is 0.383 e. The molecular formula is C16H20F3NO2S. The van der Waals surface area contributed by atoms with Crippen molar-refractivity contribution in [2.24, 2.45) is 11.8 Å². The van der Waals surface area contributed by atoms with E-state index in [1.54, 1.807) is 16.2 Å². The molecule has 3 unspecified atom stereocenters. The van der Waals surface area contributed by atoms with E-state index in [0.29, 0.717) is 13.1 Å². The number of rotatable bonds is 3. The lowest BCUT2D eigenvalue weighted by Gasteiger charge is -2.35. The molecule has 1 aliphatic carbocycles. The van der Waals surface area contributed by atoms with Gasteiger partial charge in [0.05, 0.1) is 0 Å². The second kappa shape index (κ2) is 6.09. The summed E-state index contributed by atoms with van der Waals surface area (Å²) in [7, 11) is 0. The van der Waals surface area contributed by atoms with Gasteiger partial charge in [-0.25, -0.2) is 0 Å². The van der Waals surface area contributed by atoms with E-state index in [-0.39, 0.29) is 30.6 Å². The van der Waals surface area contributed by atoms with E-state index in [0.717, 1.165) is 6.42 Å². The summed E-state index contributed by atoms with van der Waals surface area (Å²) in [6, 6.07) is 4.10. The molecule has 2 heterocycles. The van der Waals surface area contributed by atoms with Crippen LogP contribution < -0.4 is 0 Å². The van der Waals surface area contributed by atoms with E-state index in [4.69, 9.17) is 0 Å². The molecule has 0 spiro atoms. The van der Waals surface area contributed by atoms with Crippen LogP contribution in [-0.4, -0.2) is 41.3 Å². The van der Waals surface area contributed by atoms with E-state index in [2.05, 4.69) is 6.07 Å². The standard InChI is InChI=1S/C16H20F3NO2S/c1-9-2-3-13(23-9)11-8-12(11)15(22)20-6-4-10(5-7-20)14(21)16(17,18)19/h2-3,10-12,14,21H,4-8H2,1H3. The van der Waals surface area contributed by atoms with E-state index < -0.39 is 18.2 Å². The number of aryl methyl sites for hydroxylation is 1. The maximum absolute atomic E-state index is 12.5. The number of nitrogens with zero attached hydrogens (tertiary/aromatic N) is 1. The molecule has 2 fully saturated rings. The number of aliphatic hydroxyl groups excluding tert-OH is 1. The van der Waals surface area contributed by atoms with Gasteiger partial charge in [-0.2, -0.15) is 13.2 Å². The highest BCUT2D eigenvalue weighted by molar-refractivity contribution is 7.12. The molecule has 3 nitrogen and oxygen atoms in total. The van der Waals surface area contributed by atoms with E-state index >= 15 is 0 Å². The summed E-state index contributed by atoms with van der Waals surface area (Å²) in [6.45, 7) is 2.65. The Labute approximate surface area is 137 Å². The Morgan fingerprint density at radius 2 is 2.00 bits per heavy atom. The number of carbonyl (C=O) groups is 1. The molecular weight excluding hydrogens is 327 g/mol. The van der Waals surface area contributed by atoms with Gasteiger partial charge in [-0.3, -0.25) is 4.79 Å². The zero-order valence-electron chi connectivity index (χ0n) is 12.8. The molecule has 1 amide bonds. The quantitative estimate of drug-likeness (QED) is 0.911. The average Bonchev–Trinajstić information content (AvgIpc) is 3.19. The number of likely N-dealkylation sites (tertiary alicyclic amines) is 1. The molecule has 23 heavy (non-hydrogen) atoms. The zero-order chi connectivity index (χ0) is 16.8. The number of piperidine rings is 1. The molecule has 1 N–H and O–H groups in total. The topological polar surface area (TPSA) is 40.5 Å². The summed E-state index contributed by atoms with van der Waals surface area (Å²) in [4.78, 5) is 16.6. The number of thiophene rings is 1. The van der Waals surface area contributed by atoms with Gasteiger partial charge in [0.1, 0.15) is 0 Å². The van der Waals surface area contributed by atoms with E-state index in [9.17, 15) is 23.1 Å². The summed E-state index contributed by atoms with van der Waals surface area (Å²) in [5.41, 5.74) is 0. The minimum absolute atomic E-state index is 0.0165. The fourth-order valence-corrected chi connectivity index (χ4v) is 4.43. The van der Waals surface area contributed by atoms with Crippen molar-refractivity contribution in [3.05, 3.63) is 21.9 Å². The van der Waals surface area contributed by atoms with Crippen molar-refractivity contribution in [1.29, 1.82) is 0 Å². The van der Waals surface area contributed by atoms with Crippen LogP contribution in [0.4, 0.5) is 13.2 Å². The number of hydrogen-bond donors (Lipinski definition) is 1. The van der Waals surface area contributed by atoms with Crippen molar-refractivity contribution in [1.82, 2.24) is 4.90 Å². The lowest BCUT2D eigenvalue weighted by Crippen LogP contribution is -2.45. The summed E-state index contributed by atoms with van der Waals surface area (Å²) in [5, 5.41) is 9.32. The van der Waals surface area contributed by atoms with Crippen LogP contribution in [0.2, 0.25) is 0 Å². The van der Waals surface area contributed by atoms with Crippen molar-refractivity contribution < 1.29 is 23.1 Å². The van der Waals surface area contributed by atoms with Gasteiger partial charge in [0.2, 0.25) is 5.91 Å². The maximum Gasteiger partial charge on any atom is 0.414 e. The SMILES string of the molecule is Cc1ccc(C2CC2C(=O)N2CCC(C(O)C(F)(F)F)CC2)s1. The third-order valence-electron chi connectivity index (χ3n) is 4.87. The van der Waals surface area contributed by atoms with Gasteiger partial charge in [-0.1, -0.05) is 0 Å². The monoisotopic (exact) mass is 347 g/mol. The van der Waals surface area contributed by atoms with Crippen LogP contribution in [0.5, 0.6) is 0 Å².